The molecule has 4 rings (SSSR count). The van der Waals surface area contributed by atoms with E-state index in [0.717, 1.165) is 35.7 Å². The van der Waals surface area contributed by atoms with Crippen LogP contribution in [-0.2, 0) is 0 Å². The Labute approximate surface area is 181 Å². The zero-order valence-corrected chi connectivity index (χ0v) is 17.6. The van der Waals surface area contributed by atoms with Crippen molar-refractivity contribution in [3.05, 3.63) is 60.9 Å². The number of ether oxygens (including phenoxy) is 2. The van der Waals surface area contributed by atoms with E-state index in [1.165, 1.54) is 0 Å². The number of aromatic nitrogens is 2. The lowest BCUT2D eigenvalue weighted by molar-refractivity contribution is 0.120. The summed E-state index contributed by atoms with van der Waals surface area (Å²) in [4.78, 5) is 25.1. The van der Waals surface area contributed by atoms with Crippen molar-refractivity contribution in [1.29, 1.82) is 0 Å². The number of hydrogen-bond donors (Lipinski definition) is 1. The summed E-state index contributed by atoms with van der Waals surface area (Å²) in [6.45, 7) is 3.02. The van der Waals surface area contributed by atoms with Crippen LogP contribution in [0.15, 0.2) is 60.9 Å². The normalized spacial score (nSPS) is 14.2. The molecule has 0 atom stereocenters. The average molecular weight is 419 g/mol. The summed E-state index contributed by atoms with van der Waals surface area (Å²) >= 11 is 0. The topological polar surface area (TPSA) is 79.8 Å². The molecule has 1 N–H and O–H groups in total. The highest BCUT2D eigenvalue weighted by Gasteiger charge is 2.20. The predicted octanol–water partition coefficient (Wildman–Crippen LogP) is 3.64. The molecule has 1 aromatic heterocycles. The second-order valence-corrected chi connectivity index (χ2v) is 7.31. The van der Waals surface area contributed by atoms with Crippen LogP contribution in [0.3, 0.4) is 0 Å². The largest absolute Gasteiger partial charge is 0.496 e. The number of hydrogen-bond acceptors (Lipinski definition) is 7. The first-order valence-electron chi connectivity index (χ1n) is 10.1. The van der Waals surface area contributed by atoms with Gasteiger partial charge in [-0.15, -0.1) is 0 Å². The van der Waals surface area contributed by atoms with Crippen molar-refractivity contribution in [2.24, 2.45) is 0 Å². The molecule has 0 unspecified atom stereocenters. The molecular formula is C23H25N5O3. The van der Waals surface area contributed by atoms with Crippen LogP contribution in [0.4, 0.5) is 16.4 Å². The van der Waals surface area contributed by atoms with Crippen molar-refractivity contribution in [1.82, 2.24) is 19.8 Å². The molecule has 2 aromatic carbocycles. The number of nitrogens with one attached hydrogen (secondary N) is 1. The van der Waals surface area contributed by atoms with Crippen LogP contribution in [0.2, 0.25) is 0 Å². The number of nitrogens with zero attached hydrogens (tertiary/aromatic N) is 4. The highest BCUT2D eigenvalue weighted by Crippen LogP contribution is 2.29. The number of anilines is 2. The Balaban J connectivity index is 1.41. The number of para-hydroxylation sites is 1. The summed E-state index contributed by atoms with van der Waals surface area (Å²) in [5.41, 5.74) is 2.51. The number of carbonyl (C=O) groups is 1. The van der Waals surface area contributed by atoms with Gasteiger partial charge in [0.15, 0.2) is 0 Å². The molecule has 1 aliphatic heterocycles. The Morgan fingerprint density at radius 2 is 1.74 bits per heavy atom. The number of benzene rings is 2. The number of piperazine rings is 1. The monoisotopic (exact) mass is 419 g/mol. The molecule has 0 radical (unpaired) electrons. The van der Waals surface area contributed by atoms with Crippen LogP contribution in [0.25, 0.3) is 11.1 Å². The van der Waals surface area contributed by atoms with Crippen molar-refractivity contribution < 1.29 is 14.3 Å². The van der Waals surface area contributed by atoms with E-state index in [4.69, 9.17) is 9.47 Å². The van der Waals surface area contributed by atoms with E-state index >= 15 is 0 Å². The molecule has 2 heterocycles. The van der Waals surface area contributed by atoms with Gasteiger partial charge in [0.1, 0.15) is 11.5 Å². The average Bonchev–Trinajstić information content (AvgIpc) is 2.80. The molecule has 1 amide bonds. The standard InChI is InChI=1S/C23H25N5O3/c1-27-10-12-28(13-11-27)23(29)31-19-7-5-6-18(14-19)26-22-24-15-17(16-25-22)20-8-3-4-9-21(20)30-2/h3-9,14-16H,10-13H2,1-2H3,(H,24,25,26). The highest BCUT2D eigenvalue weighted by molar-refractivity contribution is 5.72. The summed E-state index contributed by atoms with van der Waals surface area (Å²) in [5, 5.41) is 3.15. The fraction of sp³-hybridized carbons (Fsp3) is 0.261. The molecule has 1 saturated heterocycles. The molecular weight excluding hydrogens is 394 g/mol. The SMILES string of the molecule is COc1ccccc1-c1cnc(Nc2cccc(OC(=O)N3CCN(C)CC3)c2)nc1. The van der Waals surface area contributed by atoms with E-state index in [2.05, 4.69) is 20.2 Å². The van der Waals surface area contributed by atoms with Gasteiger partial charge in [0.05, 0.1) is 7.11 Å². The first-order chi connectivity index (χ1) is 15.1. The van der Waals surface area contributed by atoms with Crippen LogP contribution in [0, 0.1) is 0 Å². The van der Waals surface area contributed by atoms with Gasteiger partial charge in [-0.25, -0.2) is 14.8 Å². The van der Waals surface area contributed by atoms with E-state index in [1.807, 2.05) is 43.4 Å². The van der Waals surface area contributed by atoms with E-state index in [9.17, 15) is 4.79 Å². The molecule has 1 fully saturated rings. The number of carbonyl (C=O) groups excluding carboxylic acids is 1. The van der Waals surface area contributed by atoms with Gasteiger partial charge in [0.2, 0.25) is 5.95 Å². The van der Waals surface area contributed by atoms with Crippen molar-refractivity contribution in [2.45, 2.75) is 0 Å². The Morgan fingerprint density at radius 1 is 1.00 bits per heavy atom. The third-order valence-corrected chi connectivity index (χ3v) is 5.13. The van der Waals surface area contributed by atoms with Gasteiger partial charge in [-0.3, -0.25) is 0 Å². The number of likely N-dealkylation sites (N-methyl/N-ethyl adjacent to an activating group) is 1. The fourth-order valence-corrected chi connectivity index (χ4v) is 3.34. The van der Waals surface area contributed by atoms with Gasteiger partial charge < -0.3 is 24.6 Å². The summed E-state index contributed by atoms with van der Waals surface area (Å²) in [5.74, 6) is 1.68. The molecule has 1 aliphatic rings. The number of methoxy groups -OCH3 is 1. The van der Waals surface area contributed by atoms with Crippen LogP contribution >= 0.6 is 0 Å². The zero-order valence-electron chi connectivity index (χ0n) is 17.6. The first kappa shape index (κ1) is 20.6. The van der Waals surface area contributed by atoms with Crippen LogP contribution in [0.5, 0.6) is 11.5 Å². The van der Waals surface area contributed by atoms with Crippen molar-refractivity contribution in [2.75, 3.05) is 45.7 Å². The maximum atomic E-state index is 12.4. The van der Waals surface area contributed by atoms with Gasteiger partial charge in [0.25, 0.3) is 0 Å². The van der Waals surface area contributed by atoms with Crippen LogP contribution in [0.1, 0.15) is 0 Å². The van der Waals surface area contributed by atoms with Gasteiger partial charge in [0, 0.05) is 61.5 Å². The van der Waals surface area contributed by atoms with Gasteiger partial charge in [-0.1, -0.05) is 24.3 Å². The molecule has 3 aromatic rings. The lowest BCUT2D eigenvalue weighted by Gasteiger charge is -2.31. The summed E-state index contributed by atoms with van der Waals surface area (Å²) in [6, 6.07) is 14.9. The highest BCUT2D eigenvalue weighted by atomic mass is 16.6. The smallest absolute Gasteiger partial charge is 0.415 e. The molecule has 8 heteroatoms. The maximum Gasteiger partial charge on any atom is 0.415 e. The van der Waals surface area contributed by atoms with E-state index < -0.39 is 0 Å². The first-order valence-corrected chi connectivity index (χ1v) is 10.1. The van der Waals surface area contributed by atoms with Gasteiger partial charge in [-0.2, -0.15) is 0 Å². The molecule has 0 aliphatic carbocycles. The minimum atomic E-state index is -0.331. The van der Waals surface area contributed by atoms with E-state index in [0.29, 0.717) is 24.8 Å². The molecule has 0 bridgehead atoms. The molecule has 0 saturated carbocycles. The van der Waals surface area contributed by atoms with Gasteiger partial charge >= 0.3 is 6.09 Å². The molecule has 160 valence electrons. The van der Waals surface area contributed by atoms with Crippen molar-refractivity contribution in [3.63, 3.8) is 0 Å². The third kappa shape index (κ3) is 5.10. The Hall–Kier alpha value is -3.65. The predicted molar refractivity (Wildman–Crippen MR) is 119 cm³/mol. The summed E-state index contributed by atoms with van der Waals surface area (Å²) in [7, 11) is 3.68. The Morgan fingerprint density at radius 3 is 2.48 bits per heavy atom. The molecule has 8 nitrogen and oxygen atoms in total. The summed E-state index contributed by atoms with van der Waals surface area (Å²) < 4.78 is 10.9. The second-order valence-electron chi connectivity index (χ2n) is 7.31. The number of amides is 1. The quantitative estimate of drug-likeness (QED) is 0.676. The lowest BCUT2D eigenvalue weighted by atomic mass is 10.1. The molecule has 0 spiro atoms. The Bertz CT molecular complexity index is 1030. The van der Waals surface area contributed by atoms with Gasteiger partial charge in [-0.05, 0) is 25.2 Å². The Kier molecular flexibility index (Phi) is 6.28. The van der Waals surface area contributed by atoms with Crippen molar-refractivity contribution in [3.8, 4) is 22.6 Å². The number of rotatable bonds is 5. The second kappa shape index (κ2) is 9.44. The maximum absolute atomic E-state index is 12.4. The van der Waals surface area contributed by atoms with E-state index in [-0.39, 0.29) is 6.09 Å². The third-order valence-electron chi connectivity index (χ3n) is 5.13. The zero-order chi connectivity index (χ0) is 21.6. The minimum Gasteiger partial charge on any atom is -0.496 e. The van der Waals surface area contributed by atoms with Crippen LogP contribution in [-0.4, -0.2) is 66.2 Å². The molecule has 31 heavy (non-hydrogen) atoms. The van der Waals surface area contributed by atoms with Crippen molar-refractivity contribution >= 4 is 17.7 Å². The fourth-order valence-electron chi connectivity index (χ4n) is 3.34. The minimum absolute atomic E-state index is 0.331. The summed E-state index contributed by atoms with van der Waals surface area (Å²) in [6.07, 6.45) is 3.15. The van der Waals surface area contributed by atoms with E-state index in [1.54, 1.807) is 36.5 Å². The van der Waals surface area contributed by atoms with Crippen LogP contribution < -0.4 is 14.8 Å². The lowest BCUT2D eigenvalue weighted by Crippen LogP contribution is -2.48.